The van der Waals surface area contributed by atoms with Gasteiger partial charge in [0.15, 0.2) is 5.96 Å². The molecule has 0 aliphatic carbocycles. The van der Waals surface area contributed by atoms with Gasteiger partial charge in [0.2, 0.25) is 0 Å². The van der Waals surface area contributed by atoms with Crippen LogP contribution in [0.3, 0.4) is 0 Å². The van der Waals surface area contributed by atoms with Crippen LogP contribution in [0.25, 0.3) is 5.69 Å². The molecule has 0 amide bonds. The van der Waals surface area contributed by atoms with Gasteiger partial charge < -0.3 is 14.7 Å². The van der Waals surface area contributed by atoms with Crippen molar-refractivity contribution >= 4 is 5.96 Å². The van der Waals surface area contributed by atoms with Crippen LogP contribution < -0.4 is 5.32 Å². The first-order valence-corrected chi connectivity index (χ1v) is 9.01. The number of guanidine groups is 1. The fraction of sp³-hybridized carbons (Fsp3) is 0.350. The molecule has 1 aromatic carbocycles. The summed E-state index contributed by atoms with van der Waals surface area (Å²) in [6.45, 7) is 5.40. The van der Waals surface area contributed by atoms with Gasteiger partial charge in [0.05, 0.1) is 17.6 Å². The van der Waals surface area contributed by atoms with Gasteiger partial charge in [-0.3, -0.25) is 4.99 Å². The molecule has 2 heterocycles. The maximum absolute atomic E-state index is 5.22. The number of nitrogens with zero attached hydrogens (tertiary/aromatic N) is 5. The van der Waals surface area contributed by atoms with Crippen molar-refractivity contribution in [3.8, 4) is 5.69 Å². The topological polar surface area (TPSA) is 71.5 Å². The molecular formula is C20H26N6O. The normalized spacial score (nSPS) is 11.6. The minimum absolute atomic E-state index is 0.720. The lowest BCUT2D eigenvalue weighted by atomic mass is 10.1. The maximum atomic E-state index is 5.22. The van der Waals surface area contributed by atoms with E-state index in [0.717, 1.165) is 53.7 Å². The van der Waals surface area contributed by atoms with Crippen LogP contribution >= 0.6 is 0 Å². The number of hydrogen-bond donors (Lipinski definition) is 1. The number of hydrogen-bond acceptors (Lipinski definition) is 4. The summed E-state index contributed by atoms with van der Waals surface area (Å²) < 4.78 is 7.10. The first-order valence-electron chi connectivity index (χ1n) is 9.01. The minimum Gasteiger partial charge on any atom is -0.361 e. The fourth-order valence-corrected chi connectivity index (χ4v) is 3.06. The lowest BCUT2D eigenvalue weighted by Crippen LogP contribution is -2.39. The Kier molecular flexibility index (Phi) is 5.90. The van der Waals surface area contributed by atoms with Gasteiger partial charge in [-0.25, -0.2) is 4.68 Å². The van der Waals surface area contributed by atoms with Gasteiger partial charge in [0.1, 0.15) is 5.76 Å². The van der Waals surface area contributed by atoms with E-state index in [-0.39, 0.29) is 0 Å². The van der Waals surface area contributed by atoms with E-state index in [2.05, 4.69) is 25.5 Å². The van der Waals surface area contributed by atoms with E-state index in [0.29, 0.717) is 0 Å². The van der Waals surface area contributed by atoms with Crippen molar-refractivity contribution in [2.45, 2.75) is 26.8 Å². The molecule has 0 unspecified atom stereocenters. The van der Waals surface area contributed by atoms with Gasteiger partial charge in [-0.1, -0.05) is 23.4 Å². The second-order valence-electron chi connectivity index (χ2n) is 6.51. The predicted molar refractivity (Wildman–Crippen MR) is 106 cm³/mol. The highest BCUT2D eigenvalue weighted by atomic mass is 16.5. The van der Waals surface area contributed by atoms with E-state index >= 15 is 0 Å². The molecule has 0 saturated carbocycles. The smallest absolute Gasteiger partial charge is 0.193 e. The molecule has 3 aromatic rings. The lowest BCUT2D eigenvalue weighted by molar-refractivity contribution is 0.392. The van der Waals surface area contributed by atoms with Crippen molar-refractivity contribution in [3.63, 3.8) is 0 Å². The highest BCUT2D eigenvalue weighted by Crippen LogP contribution is 2.12. The summed E-state index contributed by atoms with van der Waals surface area (Å²) in [5.74, 6) is 1.72. The quantitative estimate of drug-likeness (QED) is 0.536. The summed E-state index contributed by atoms with van der Waals surface area (Å²) in [5, 5.41) is 11.9. The lowest BCUT2D eigenvalue weighted by Gasteiger charge is -2.21. The van der Waals surface area contributed by atoms with Crippen molar-refractivity contribution < 1.29 is 4.52 Å². The van der Waals surface area contributed by atoms with Crippen LogP contribution in [0.15, 0.2) is 52.2 Å². The molecule has 0 atom stereocenters. The first kappa shape index (κ1) is 18.7. The molecule has 0 spiro atoms. The second-order valence-corrected chi connectivity index (χ2v) is 6.51. The van der Waals surface area contributed by atoms with Crippen molar-refractivity contribution in [3.05, 3.63) is 65.3 Å². The molecule has 0 radical (unpaired) electrons. The standard InChI is InChI=1S/C20H26N6O/c1-15-19(16(2)27-24-15)10-11-22-20(21-3)25(4)13-17-12-23-26(14-17)18-8-6-5-7-9-18/h5-9,12,14H,10-11,13H2,1-4H3,(H,21,22). The van der Waals surface area contributed by atoms with E-state index in [1.807, 2.05) is 68.3 Å². The Morgan fingerprint density at radius 1 is 1.26 bits per heavy atom. The molecule has 1 N–H and O–H groups in total. The van der Waals surface area contributed by atoms with Crippen molar-refractivity contribution in [1.82, 2.24) is 25.2 Å². The Hall–Kier alpha value is -3.09. The summed E-state index contributed by atoms with van der Waals surface area (Å²) in [7, 11) is 3.81. The van der Waals surface area contributed by atoms with Crippen molar-refractivity contribution in [2.24, 2.45) is 4.99 Å². The average Bonchev–Trinajstić information content (AvgIpc) is 3.27. The number of nitrogens with one attached hydrogen (secondary N) is 1. The molecular weight excluding hydrogens is 340 g/mol. The Morgan fingerprint density at radius 3 is 2.70 bits per heavy atom. The van der Waals surface area contributed by atoms with Crippen LogP contribution in [-0.2, 0) is 13.0 Å². The molecule has 0 aliphatic rings. The summed E-state index contributed by atoms with van der Waals surface area (Å²) in [5.41, 5.74) is 4.28. The molecule has 7 nitrogen and oxygen atoms in total. The summed E-state index contributed by atoms with van der Waals surface area (Å²) in [6.07, 6.45) is 4.78. The number of benzene rings is 1. The van der Waals surface area contributed by atoms with Gasteiger partial charge in [-0.05, 0) is 32.4 Å². The Morgan fingerprint density at radius 2 is 2.04 bits per heavy atom. The molecule has 0 saturated heterocycles. The van der Waals surface area contributed by atoms with Crippen LogP contribution in [0.1, 0.15) is 22.6 Å². The molecule has 7 heteroatoms. The van der Waals surface area contributed by atoms with E-state index in [1.54, 1.807) is 7.05 Å². The van der Waals surface area contributed by atoms with E-state index in [4.69, 9.17) is 4.52 Å². The maximum Gasteiger partial charge on any atom is 0.193 e. The van der Waals surface area contributed by atoms with Crippen LogP contribution in [0.4, 0.5) is 0 Å². The zero-order valence-corrected chi connectivity index (χ0v) is 16.3. The predicted octanol–water partition coefficient (Wildman–Crippen LogP) is 2.73. The average molecular weight is 366 g/mol. The zero-order valence-electron chi connectivity index (χ0n) is 16.3. The molecule has 0 aliphatic heterocycles. The van der Waals surface area contributed by atoms with Gasteiger partial charge in [-0.2, -0.15) is 5.10 Å². The van der Waals surface area contributed by atoms with Gasteiger partial charge in [-0.15, -0.1) is 0 Å². The van der Waals surface area contributed by atoms with Crippen LogP contribution in [0.5, 0.6) is 0 Å². The SMILES string of the molecule is CN=C(NCCc1c(C)noc1C)N(C)Cc1cnn(-c2ccccc2)c1. The Labute approximate surface area is 159 Å². The largest absolute Gasteiger partial charge is 0.361 e. The number of aryl methyl sites for hydroxylation is 2. The number of rotatable bonds is 6. The molecule has 142 valence electrons. The minimum atomic E-state index is 0.720. The van der Waals surface area contributed by atoms with E-state index in [9.17, 15) is 0 Å². The summed E-state index contributed by atoms with van der Waals surface area (Å²) in [6, 6.07) is 10.1. The van der Waals surface area contributed by atoms with Gasteiger partial charge >= 0.3 is 0 Å². The van der Waals surface area contributed by atoms with E-state index in [1.165, 1.54) is 0 Å². The first-order chi connectivity index (χ1) is 13.1. The molecule has 2 aromatic heterocycles. The van der Waals surface area contributed by atoms with Crippen LogP contribution in [-0.4, -0.2) is 46.4 Å². The van der Waals surface area contributed by atoms with Crippen molar-refractivity contribution in [2.75, 3.05) is 20.6 Å². The molecule has 27 heavy (non-hydrogen) atoms. The molecule has 3 rings (SSSR count). The van der Waals surface area contributed by atoms with Crippen LogP contribution in [0, 0.1) is 13.8 Å². The monoisotopic (exact) mass is 366 g/mol. The van der Waals surface area contributed by atoms with Crippen molar-refractivity contribution in [1.29, 1.82) is 0 Å². The Balaban J connectivity index is 1.56. The highest BCUT2D eigenvalue weighted by molar-refractivity contribution is 5.79. The van der Waals surface area contributed by atoms with Gasteiger partial charge in [0.25, 0.3) is 0 Å². The van der Waals surface area contributed by atoms with E-state index < -0.39 is 0 Å². The number of aromatic nitrogens is 3. The molecule has 0 fully saturated rings. The summed E-state index contributed by atoms with van der Waals surface area (Å²) >= 11 is 0. The van der Waals surface area contributed by atoms with Crippen LogP contribution in [0.2, 0.25) is 0 Å². The number of para-hydroxylation sites is 1. The van der Waals surface area contributed by atoms with Gasteiger partial charge in [0, 0.05) is 44.5 Å². The third-order valence-corrected chi connectivity index (χ3v) is 4.49. The third kappa shape index (κ3) is 4.55. The second kappa shape index (κ2) is 8.53. The molecule has 0 bridgehead atoms. The third-order valence-electron chi connectivity index (χ3n) is 4.49. The fourth-order valence-electron chi connectivity index (χ4n) is 3.06. The highest BCUT2D eigenvalue weighted by Gasteiger charge is 2.11. The number of aliphatic imine (C=N–C) groups is 1. The zero-order chi connectivity index (χ0) is 19.2. The Bertz CT molecular complexity index is 877. The summed E-state index contributed by atoms with van der Waals surface area (Å²) in [4.78, 5) is 6.46.